The van der Waals surface area contributed by atoms with E-state index in [1.165, 1.54) is 0 Å². The van der Waals surface area contributed by atoms with E-state index in [1.807, 2.05) is 0 Å². The molecule has 8 rings (SSSR count). The van der Waals surface area contributed by atoms with Crippen molar-refractivity contribution in [3.8, 4) is 0 Å². The number of fused-ring (bicyclic) bond motifs is 5. The molecule has 49 heavy (non-hydrogen) atoms. The number of allylic oxidation sites excluding steroid dienone is 2. The number of Topliss-reactive ketones (excluding diaryl/α,β-unsaturated/α-hetero) is 4. The monoisotopic (exact) mass is 699 g/mol. The van der Waals surface area contributed by atoms with E-state index in [-0.39, 0.29) is 61.3 Å². The highest BCUT2D eigenvalue weighted by Gasteiger charge is 2.37. The van der Waals surface area contributed by atoms with E-state index in [4.69, 9.17) is 4.74 Å². The van der Waals surface area contributed by atoms with Crippen LogP contribution in [0.4, 0.5) is 22.4 Å². The quantitative estimate of drug-likeness (QED) is 0.106. The fourth-order valence-corrected chi connectivity index (χ4v) is 7.69. The lowest BCUT2D eigenvalue weighted by Crippen LogP contribution is -2.14. The number of carbonyl (C=O) groups is 5. The van der Waals surface area contributed by atoms with Gasteiger partial charge in [0.25, 0.3) is 0 Å². The van der Waals surface area contributed by atoms with Crippen molar-refractivity contribution in [3.05, 3.63) is 127 Å². The number of hydrogen-bond donors (Lipinski definition) is 0. The first-order chi connectivity index (χ1) is 23.5. The first-order valence-electron chi connectivity index (χ1n) is 14.1. The summed E-state index contributed by atoms with van der Waals surface area (Å²) in [5, 5.41) is 0.187. The first kappa shape index (κ1) is 30.4. The number of carbonyl (C=O) groups excluding carboxylic acids is 5. The van der Waals surface area contributed by atoms with E-state index < -0.39 is 52.5 Å². The Morgan fingerprint density at radius 3 is 1.43 bits per heavy atom. The smallest absolute Gasteiger partial charge is 0.421 e. The largest absolute Gasteiger partial charge is 0.444 e. The summed E-state index contributed by atoms with van der Waals surface area (Å²) in [6, 6.07) is 11.4. The summed E-state index contributed by atoms with van der Waals surface area (Å²) in [7, 11) is 0. The number of benzene rings is 3. The molecule has 3 aromatic heterocycles. The lowest BCUT2D eigenvalue weighted by molar-refractivity contribution is 0.0975. The van der Waals surface area contributed by atoms with Crippen molar-refractivity contribution in [2.75, 3.05) is 0 Å². The number of ketones is 4. The number of hydrogen-bond acceptors (Lipinski definition) is 10. The van der Waals surface area contributed by atoms with Crippen LogP contribution in [0.2, 0.25) is 0 Å². The summed E-state index contributed by atoms with van der Waals surface area (Å²) in [5.74, 6) is -8.45. The van der Waals surface area contributed by atoms with Crippen molar-refractivity contribution < 1.29 is 46.3 Å². The van der Waals surface area contributed by atoms with Gasteiger partial charge in [-0.05, 0) is 42.0 Å². The van der Waals surface area contributed by atoms with Crippen LogP contribution in [0.3, 0.4) is 0 Å². The molecule has 0 saturated heterocycles. The van der Waals surface area contributed by atoms with Gasteiger partial charge in [-0.15, -0.1) is 22.7 Å². The molecule has 0 saturated carbocycles. The molecule has 3 aromatic carbocycles. The SMILES string of the molecule is O=C1C(=Cc2nc3c(s2)c2sc(C=C4C(=O)c5cc(F)c(F)cc5C4=O)nc2n3C(=O)OCc2ccccc2)C(=O)c2cc(F)c(F)cc21. The fourth-order valence-electron chi connectivity index (χ4n) is 5.58. The lowest BCUT2D eigenvalue weighted by Gasteiger charge is -2.06. The molecule has 0 fully saturated rings. The Balaban J connectivity index is 1.23. The molecule has 0 amide bonds. The topological polar surface area (TPSA) is 125 Å². The molecule has 0 aliphatic heterocycles. The Labute approximate surface area is 278 Å². The highest BCUT2D eigenvalue weighted by molar-refractivity contribution is 7.27. The lowest BCUT2D eigenvalue weighted by atomic mass is 10.1. The van der Waals surface area contributed by atoms with E-state index in [9.17, 15) is 41.5 Å². The van der Waals surface area contributed by atoms with E-state index in [0.717, 1.165) is 39.4 Å². The maximum absolute atomic E-state index is 13.8. The van der Waals surface area contributed by atoms with Crippen LogP contribution in [0, 0.1) is 23.3 Å². The molecule has 240 valence electrons. The van der Waals surface area contributed by atoms with Crippen molar-refractivity contribution in [1.29, 1.82) is 0 Å². The zero-order valence-electron chi connectivity index (χ0n) is 24.2. The maximum Gasteiger partial charge on any atom is 0.421 e. The van der Waals surface area contributed by atoms with Crippen LogP contribution in [0.15, 0.2) is 65.7 Å². The molecule has 15 heteroatoms. The van der Waals surface area contributed by atoms with Gasteiger partial charge in [-0.1, -0.05) is 30.3 Å². The number of halogens is 4. The number of thiazole rings is 2. The Hall–Kier alpha value is -5.93. The van der Waals surface area contributed by atoms with E-state index >= 15 is 0 Å². The minimum Gasteiger partial charge on any atom is -0.444 e. The number of aromatic nitrogens is 3. The van der Waals surface area contributed by atoms with Crippen LogP contribution < -0.4 is 0 Å². The molecule has 3 heterocycles. The normalized spacial score (nSPS) is 14.0. The number of rotatable bonds is 4. The summed E-state index contributed by atoms with van der Waals surface area (Å²) in [6.07, 6.45) is 1.42. The summed E-state index contributed by atoms with van der Waals surface area (Å²) >= 11 is 1.94. The van der Waals surface area contributed by atoms with E-state index in [2.05, 4.69) is 9.97 Å². The standard InChI is InChI=1S/C34H13F4N3O6S2/c35-20-6-14-15(7-21(20)36)27(43)18(26(14)42)10-24-39-32-30(48-24)31-33(41(32)34(46)47-12-13-4-2-1-3-5-13)40-25(49-31)11-19-28(44)16-8-22(37)23(38)9-17(16)29(19)45/h1-11H,12H2. The number of nitrogens with zero attached hydrogens (tertiary/aromatic N) is 3. The van der Waals surface area contributed by atoms with Crippen LogP contribution >= 0.6 is 22.7 Å². The molecule has 0 N–H and O–H groups in total. The molecule has 2 aliphatic rings. The van der Waals surface area contributed by atoms with Gasteiger partial charge in [0.05, 0.1) is 20.5 Å². The molecule has 0 bridgehead atoms. The average molecular weight is 700 g/mol. The van der Waals surface area contributed by atoms with Crippen LogP contribution in [0.5, 0.6) is 0 Å². The third-order valence-electron chi connectivity index (χ3n) is 7.88. The van der Waals surface area contributed by atoms with Gasteiger partial charge in [-0.25, -0.2) is 36.9 Å². The fraction of sp³-hybridized carbons (Fsp3) is 0.0294. The van der Waals surface area contributed by atoms with Gasteiger partial charge in [0.1, 0.15) is 16.6 Å². The highest BCUT2D eigenvalue weighted by atomic mass is 32.1. The van der Waals surface area contributed by atoms with Gasteiger partial charge in [0, 0.05) is 22.3 Å². The Morgan fingerprint density at radius 1 is 0.653 bits per heavy atom. The first-order valence-corrected chi connectivity index (χ1v) is 15.8. The molecular formula is C34H13F4N3O6S2. The van der Waals surface area contributed by atoms with Gasteiger partial charge in [-0.2, -0.15) is 0 Å². The molecule has 9 nitrogen and oxygen atoms in total. The Morgan fingerprint density at radius 2 is 1.04 bits per heavy atom. The van der Waals surface area contributed by atoms with E-state index in [1.54, 1.807) is 30.3 Å². The highest BCUT2D eigenvalue weighted by Crippen LogP contribution is 2.40. The zero-order chi connectivity index (χ0) is 34.3. The minimum absolute atomic E-state index is 0.0572. The van der Waals surface area contributed by atoms with Gasteiger partial charge in [-0.3, -0.25) is 19.2 Å². The minimum atomic E-state index is -1.29. The summed E-state index contributed by atoms with van der Waals surface area (Å²) < 4.78 is 62.7. The second kappa shape index (κ2) is 11.1. The summed E-state index contributed by atoms with van der Waals surface area (Å²) in [4.78, 5) is 74.4. The van der Waals surface area contributed by atoms with Crippen molar-refractivity contribution >= 4 is 84.7 Å². The van der Waals surface area contributed by atoms with Crippen LogP contribution in [-0.4, -0.2) is 43.8 Å². The van der Waals surface area contributed by atoms with E-state index in [0.29, 0.717) is 39.2 Å². The predicted octanol–water partition coefficient (Wildman–Crippen LogP) is 7.37. The van der Waals surface area contributed by atoms with Gasteiger partial charge in [0.2, 0.25) is 0 Å². The van der Waals surface area contributed by atoms with Crippen LogP contribution in [0.25, 0.3) is 32.8 Å². The molecule has 0 atom stereocenters. The molecule has 2 aliphatic carbocycles. The van der Waals surface area contributed by atoms with Gasteiger partial charge in [0.15, 0.2) is 57.7 Å². The van der Waals surface area contributed by atoms with Crippen molar-refractivity contribution in [3.63, 3.8) is 0 Å². The second-order valence-electron chi connectivity index (χ2n) is 10.8. The Kier molecular flexibility index (Phi) is 6.87. The van der Waals surface area contributed by atoms with Gasteiger partial charge >= 0.3 is 6.09 Å². The third-order valence-corrected chi connectivity index (χ3v) is 10.0. The molecule has 0 unspecified atom stereocenters. The Bertz CT molecular complexity index is 2370. The summed E-state index contributed by atoms with van der Waals surface area (Å²) in [6.45, 7) is -0.119. The van der Waals surface area contributed by atoms with Crippen LogP contribution in [0.1, 0.15) is 57.0 Å². The zero-order valence-corrected chi connectivity index (χ0v) is 25.8. The van der Waals surface area contributed by atoms with Crippen molar-refractivity contribution in [2.45, 2.75) is 6.61 Å². The van der Waals surface area contributed by atoms with Crippen molar-refractivity contribution in [1.82, 2.24) is 14.5 Å². The average Bonchev–Trinajstić information content (AvgIpc) is 3.84. The molecule has 6 aromatic rings. The molecular weight excluding hydrogens is 687 g/mol. The maximum atomic E-state index is 13.8. The number of ether oxygens (including phenoxy) is 1. The van der Waals surface area contributed by atoms with Crippen molar-refractivity contribution in [2.24, 2.45) is 0 Å². The molecule has 0 radical (unpaired) electrons. The molecule has 0 spiro atoms. The van der Waals surface area contributed by atoms with Gasteiger partial charge < -0.3 is 4.74 Å². The third kappa shape index (κ3) is 4.76. The summed E-state index contributed by atoms with van der Waals surface area (Å²) in [5.41, 5.74) is -1.15. The predicted molar refractivity (Wildman–Crippen MR) is 169 cm³/mol. The second-order valence-corrected chi connectivity index (χ2v) is 12.9. The van der Waals surface area contributed by atoms with Crippen LogP contribution in [-0.2, 0) is 11.3 Å².